The normalized spacial score (nSPS) is 17.9. The minimum Gasteiger partial charge on any atom is -0.503 e. The van der Waals surface area contributed by atoms with Crippen molar-refractivity contribution < 1.29 is 19.1 Å². The van der Waals surface area contributed by atoms with Gasteiger partial charge in [0.2, 0.25) is 5.43 Å². The van der Waals surface area contributed by atoms with Gasteiger partial charge in [0.15, 0.2) is 11.4 Å². The van der Waals surface area contributed by atoms with Gasteiger partial charge >= 0.3 is 0 Å². The first-order chi connectivity index (χ1) is 16.4. The summed E-state index contributed by atoms with van der Waals surface area (Å²) >= 11 is 1.54. The number of nitrogens with zero attached hydrogens (tertiary/aromatic N) is 4. The van der Waals surface area contributed by atoms with E-state index in [0.717, 1.165) is 18.0 Å². The van der Waals surface area contributed by atoms with Crippen molar-refractivity contribution in [2.75, 3.05) is 13.1 Å². The number of benzene rings is 1. The van der Waals surface area contributed by atoms with Crippen LogP contribution in [0.5, 0.6) is 5.75 Å². The number of carbonyl (C=O) groups is 2. The Labute approximate surface area is 198 Å². The van der Waals surface area contributed by atoms with Gasteiger partial charge in [-0.15, -0.1) is 11.3 Å². The lowest BCUT2D eigenvalue weighted by atomic mass is 10.1. The van der Waals surface area contributed by atoms with Crippen LogP contribution in [0.2, 0.25) is 0 Å². The molecule has 5 rings (SSSR count). The fraction of sp³-hybridized carbons (Fsp3) is 0.304. The van der Waals surface area contributed by atoms with Gasteiger partial charge in [-0.1, -0.05) is 12.1 Å². The monoisotopic (exact) mass is 483 g/mol. The minimum atomic E-state index is -0.897. The van der Waals surface area contributed by atoms with E-state index in [1.165, 1.54) is 46.4 Å². The molecule has 2 N–H and O–H groups in total. The zero-order valence-corrected chi connectivity index (χ0v) is 18.9. The first-order valence-electron chi connectivity index (χ1n) is 10.8. The summed E-state index contributed by atoms with van der Waals surface area (Å²) in [6.07, 6.45) is 3.56. The first-order valence-corrected chi connectivity index (χ1v) is 11.7. The smallest absolute Gasteiger partial charge is 0.275 e. The second-order valence-electron chi connectivity index (χ2n) is 8.26. The number of nitrogens with one attached hydrogen (secondary N) is 1. The molecule has 0 saturated carbocycles. The third-order valence-corrected chi connectivity index (χ3v) is 6.90. The molecule has 176 valence electrons. The molecule has 0 aliphatic carbocycles. The average Bonchev–Trinajstić information content (AvgIpc) is 3.34. The maximum Gasteiger partial charge on any atom is 0.275 e. The average molecular weight is 484 g/mol. The van der Waals surface area contributed by atoms with Crippen molar-refractivity contribution in [1.29, 1.82) is 0 Å². The SMILES string of the molecule is O=C(NCc1ccc(F)cc1)c1cn2c(c(O)c1=O)C(=O)N1CCCN(Cc3nccs3)C1C2. The van der Waals surface area contributed by atoms with Crippen molar-refractivity contribution in [2.45, 2.75) is 32.2 Å². The number of carbonyl (C=O) groups excluding carboxylic acids is 2. The summed E-state index contributed by atoms with van der Waals surface area (Å²) in [5, 5.41) is 16.1. The zero-order chi connectivity index (χ0) is 23.8. The van der Waals surface area contributed by atoms with Gasteiger partial charge in [0, 0.05) is 37.4 Å². The number of hydrogen-bond donors (Lipinski definition) is 2. The highest BCUT2D eigenvalue weighted by molar-refractivity contribution is 7.09. The highest BCUT2D eigenvalue weighted by atomic mass is 32.1. The van der Waals surface area contributed by atoms with E-state index in [1.54, 1.807) is 11.1 Å². The van der Waals surface area contributed by atoms with Crippen molar-refractivity contribution in [2.24, 2.45) is 0 Å². The Bertz CT molecular complexity index is 1290. The molecule has 1 aromatic carbocycles. The van der Waals surface area contributed by atoms with Crippen LogP contribution in [0.1, 0.15) is 37.8 Å². The Morgan fingerprint density at radius 1 is 1.24 bits per heavy atom. The summed E-state index contributed by atoms with van der Waals surface area (Å²) < 4.78 is 14.6. The summed E-state index contributed by atoms with van der Waals surface area (Å²) in [6, 6.07) is 5.61. The molecule has 0 radical (unpaired) electrons. The number of pyridine rings is 1. The number of amides is 2. The first kappa shape index (κ1) is 22.2. The lowest BCUT2D eigenvalue weighted by Gasteiger charge is -2.47. The standard InChI is InChI=1S/C23H22FN5O4S/c24-15-4-2-14(3-5-15)10-26-22(32)16-11-28-13-18-27(12-17-25-6-9-34-17)7-1-8-29(18)23(33)19(28)21(31)20(16)30/h2-6,9,11,18,31H,1,7-8,10,12-13H2,(H,26,32). The van der Waals surface area contributed by atoms with Crippen LogP contribution in [0.25, 0.3) is 0 Å². The van der Waals surface area contributed by atoms with Crippen molar-refractivity contribution in [3.05, 3.63) is 79.9 Å². The van der Waals surface area contributed by atoms with Crippen LogP contribution in [-0.2, 0) is 19.6 Å². The number of rotatable bonds is 5. The van der Waals surface area contributed by atoms with E-state index in [1.807, 2.05) is 5.38 Å². The van der Waals surface area contributed by atoms with E-state index in [-0.39, 0.29) is 24.0 Å². The number of fused-ring (bicyclic) bond motifs is 2. The van der Waals surface area contributed by atoms with Gasteiger partial charge in [-0.2, -0.15) is 0 Å². The van der Waals surface area contributed by atoms with E-state index in [0.29, 0.717) is 25.2 Å². The summed E-state index contributed by atoms with van der Waals surface area (Å²) in [5.41, 5.74) is -0.603. The second kappa shape index (κ2) is 8.99. The van der Waals surface area contributed by atoms with Crippen molar-refractivity contribution in [1.82, 2.24) is 24.7 Å². The molecule has 2 aliphatic heterocycles. The predicted molar refractivity (Wildman–Crippen MR) is 122 cm³/mol. The van der Waals surface area contributed by atoms with Gasteiger partial charge in [0.25, 0.3) is 11.8 Å². The molecule has 9 nitrogen and oxygen atoms in total. The topological polar surface area (TPSA) is 108 Å². The summed E-state index contributed by atoms with van der Waals surface area (Å²) in [5.74, 6) is -2.24. The zero-order valence-electron chi connectivity index (χ0n) is 18.1. The molecule has 1 fully saturated rings. The van der Waals surface area contributed by atoms with Crippen LogP contribution >= 0.6 is 11.3 Å². The van der Waals surface area contributed by atoms with Gasteiger partial charge in [0.1, 0.15) is 22.6 Å². The van der Waals surface area contributed by atoms with E-state index >= 15 is 0 Å². The molecular weight excluding hydrogens is 461 g/mol. The van der Waals surface area contributed by atoms with Crippen LogP contribution in [0, 0.1) is 5.82 Å². The fourth-order valence-electron chi connectivity index (χ4n) is 4.45. The fourth-order valence-corrected chi connectivity index (χ4v) is 5.09. The molecule has 3 aromatic rings. The Kier molecular flexibility index (Phi) is 5.88. The molecule has 2 aliphatic rings. The number of aromatic nitrogens is 2. The van der Waals surface area contributed by atoms with Gasteiger partial charge in [-0.3, -0.25) is 19.3 Å². The molecule has 34 heavy (non-hydrogen) atoms. The quantitative estimate of drug-likeness (QED) is 0.573. The maximum absolute atomic E-state index is 13.2. The number of thiazole rings is 1. The third kappa shape index (κ3) is 4.08. The minimum absolute atomic E-state index is 0.0813. The lowest BCUT2D eigenvalue weighted by Crippen LogP contribution is -2.60. The van der Waals surface area contributed by atoms with E-state index < -0.39 is 28.8 Å². The highest BCUT2D eigenvalue weighted by Crippen LogP contribution is 2.29. The van der Waals surface area contributed by atoms with Gasteiger partial charge in [-0.25, -0.2) is 9.37 Å². The molecule has 1 atom stereocenters. The van der Waals surface area contributed by atoms with E-state index in [4.69, 9.17) is 0 Å². The van der Waals surface area contributed by atoms with Crippen LogP contribution in [0.4, 0.5) is 4.39 Å². The summed E-state index contributed by atoms with van der Waals surface area (Å²) in [7, 11) is 0. The summed E-state index contributed by atoms with van der Waals surface area (Å²) in [6.45, 7) is 2.27. The number of halogens is 1. The molecule has 2 aromatic heterocycles. The molecule has 11 heteroatoms. The largest absolute Gasteiger partial charge is 0.503 e. The van der Waals surface area contributed by atoms with E-state index in [9.17, 15) is 23.9 Å². The van der Waals surface area contributed by atoms with E-state index in [2.05, 4.69) is 15.2 Å². The van der Waals surface area contributed by atoms with Crippen LogP contribution in [-0.4, -0.2) is 55.5 Å². The molecule has 4 heterocycles. The highest BCUT2D eigenvalue weighted by Gasteiger charge is 2.40. The van der Waals surface area contributed by atoms with Gasteiger partial charge in [0.05, 0.1) is 13.1 Å². The Hall–Kier alpha value is -3.57. The predicted octanol–water partition coefficient (Wildman–Crippen LogP) is 1.77. The van der Waals surface area contributed by atoms with Crippen molar-refractivity contribution >= 4 is 23.2 Å². The summed E-state index contributed by atoms with van der Waals surface area (Å²) in [4.78, 5) is 46.9. The van der Waals surface area contributed by atoms with Gasteiger partial charge in [-0.05, 0) is 24.1 Å². The molecular formula is C23H22FN5O4S. The van der Waals surface area contributed by atoms with Crippen LogP contribution in [0.3, 0.4) is 0 Å². The van der Waals surface area contributed by atoms with Crippen LogP contribution in [0.15, 0.2) is 46.8 Å². The van der Waals surface area contributed by atoms with Crippen molar-refractivity contribution in [3.8, 4) is 5.75 Å². The van der Waals surface area contributed by atoms with Crippen molar-refractivity contribution in [3.63, 3.8) is 0 Å². The molecule has 1 unspecified atom stereocenters. The maximum atomic E-state index is 13.2. The second-order valence-corrected chi connectivity index (χ2v) is 9.24. The number of aromatic hydroxyl groups is 1. The molecule has 2 amide bonds. The Balaban J connectivity index is 1.42. The molecule has 1 saturated heterocycles. The third-order valence-electron chi connectivity index (χ3n) is 6.14. The Morgan fingerprint density at radius 2 is 2.03 bits per heavy atom. The van der Waals surface area contributed by atoms with Gasteiger partial charge < -0.3 is 19.9 Å². The molecule has 0 bridgehead atoms. The van der Waals surface area contributed by atoms with Crippen LogP contribution < -0.4 is 10.7 Å². The lowest BCUT2D eigenvalue weighted by molar-refractivity contribution is -0.0140. The Morgan fingerprint density at radius 3 is 2.76 bits per heavy atom. The number of hydrogen-bond acceptors (Lipinski definition) is 7. The molecule has 0 spiro atoms.